The lowest BCUT2D eigenvalue weighted by atomic mass is 10.3. The molecule has 0 aromatic carbocycles. The molecule has 122 valence electrons. The number of ketones is 1. The number of aromatic nitrogens is 3. The van der Waals surface area contributed by atoms with Gasteiger partial charge in [-0.05, 0) is 24.3 Å². The summed E-state index contributed by atoms with van der Waals surface area (Å²) in [6, 6.07) is 9.03. The third-order valence-electron chi connectivity index (χ3n) is 3.35. The van der Waals surface area contributed by atoms with Gasteiger partial charge >= 0.3 is 5.97 Å². The summed E-state index contributed by atoms with van der Waals surface area (Å²) in [5.41, 5.74) is 1.88. The van der Waals surface area contributed by atoms with Crippen LogP contribution in [-0.2, 0) is 23.0 Å². The minimum Gasteiger partial charge on any atom is -0.457 e. The number of aryl methyl sites for hydroxylation is 1. The van der Waals surface area contributed by atoms with Crippen LogP contribution in [0.5, 0.6) is 0 Å². The minimum atomic E-state index is -0.476. The summed E-state index contributed by atoms with van der Waals surface area (Å²) in [6.07, 6.45) is 3.49. The quantitative estimate of drug-likeness (QED) is 0.509. The molecule has 0 N–H and O–H groups in total. The number of pyridine rings is 1. The van der Waals surface area contributed by atoms with E-state index in [0.717, 1.165) is 10.7 Å². The molecule has 3 aromatic heterocycles. The predicted molar refractivity (Wildman–Crippen MR) is 89.8 cm³/mol. The lowest BCUT2D eigenvalue weighted by molar-refractivity contribution is -0.141. The van der Waals surface area contributed by atoms with Gasteiger partial charge in [0.1, 0.15) is 5.01 Å². The van der Waals surface area contributed by atoms with Crippen molar-refractivity contribution in [3.05, 3.63) is 59.5 Å². The van der Waals surface area contributed by atoms with Crippen molar-refractivity contribution < 1.29 is 14.3 Å². The summed E-state index contributed by atoms with van der Waals surface area (Å²) in [4.78, 5) is 32.4. The number of Topliss-reactive ketones (excluding diaryl/α,β-unsaturated/α-hetero) is 1. The molecule has 6 nitrogen and oxygen atoms in total. The SMILES string of the molecule is Cn1cccc1C(=O)COC(=O)Cc1csc(-c2ccccn2)n1. The Bertz CT molecular complexity index is 855. The molecule has 0 spiro atoms. The number of thiazole rings is 1. The Morgan fingerprint density at radius 3 is 2.83 bits per heavy atom. The van der Waals surface area contributed by atoms with E-state index in [-0.39, 0.29) is 18.8 Å². The van der Waals surface area contributed by atoms with E-state index in [1.54, 1.807) is 41.5 Å². The number of esters is 1. The van der Waals surface area contributed by atoms with Crippen LogP contribution in [0, 0.1) is 0 Å². The zero-order valence-corrected chi connectivity index (χ0v) is 13.8. The Morgan fingerprint density at radius 1 is 1.25 bits per heavy atom. The Hall–Kier alpha value is -2.80. The summed E-state index contributed by atoms with van der Waals surface area (Å²) >= 11 is 1.42. The fraction of sp³-hybridized carbons (Fsp3) is 0.176. The first-order valence-corrected chi connectivity index (χ1v) is 8.17. The van der Waals surface area contributed by atoms with Crippen LogP contribution in [0.3, 0.4) is 0 Å². The third-order valence-corrected chi connectivity index (χ3v) is 4.27. The van der Waals surface area contributed by atoms with Gasteiger partial charge in [0.15, 0.2) is 6.61 Å². The molecule has 3 heterocycles. The summed E-state index contributed by atoms with van der Waals surface area (Å²) < 4.78 is 6.74. The predicted octanol–water partition coefficient (Wildman–Crippen LogP) is 2.51. The van der Waals surface area contributed by atoms with Crippen LogP contribution in [0.4, 0.5) is 0 Å². The van der Waals surface area contributed by atoms with Crippen LogP contribution >= 0.6 is 11.3 Å². The second kappa shape index (κ2) is 7.18. The van der Waals surface area contributed by atoms with Gasteiger partial charge in [-0.25, -0.2) is 4.98 Å². The fourth-order valence-corrected chi connectivity index (χ4v) is 2.96. The lowest BCUT2D eigenvalue weighted by Gasteiger charge is -2.04. The molecule has 0 aliphatic heterocycles. The first kappa shape index (κ1) is 16.1. The van der Waals surface area contributed by atoms with Gasteiger partial charge in [-0.1, -0.05) is 6.07 Å². The highest BCUT2D eigenvalue weighted by Crippen LogP contribution is 2.21. The molecule has 0 aliphatic rings. The van der Waals surface area contributed by atoms with E-state index in [1.165, 1.54) is 11.3 Å². The highest BCUT2D eigenvalue weighted by atomic mass is 32.1. The number of carbonyl (C=O) groups is 2. The first-order chi connectivity index (χ1) is 11.6. The maximum Gasteiger partial charge on any atom is 0.312 e. The number of carbonyl (C=O) groups excluding carboxylic acids is 2. The highest BCUT2D eigenvalue weighted by Gasteiger charge is 2.14. The topological polar surface area (TPSA) is 74.1 Å². The molecule has 0 fully saturated rings. The number of rotatable bonds is 6. The second-order valence-electron chi connectivity index (χ2n) is 5.12. The van der Waals surface area contributed by atoms with Gasteiger partial charge in [0.25, 0.3) is 0 Å². The molecule has 0 unspecified atom stereocenters. The lowest BCUT2D eigenvalue weighted by Crippen LogP contribution is -2.17. The highest BCUT2D eigenvalue weighted by molar-refractivity contribution is 7.13. The van der Waals surface area contributed by atoms with E-state index in [4.69, 9.17) is 4.74 Å². The summed E-state index contributed by atoms with van der Waals surface area (Å²) in [5, 5.41) is 2.54. The molecule has 0 saturated heterocycles. The molecule has 3 rings (SSSR count). The molecule has 0 aliphatic carbocycles. The molecular weight excluding hydrogens is 326 g/mol. The van der Waals surface area contributed by atoms with Crippen molar-refractivity contribution in [2.24, 2.45) is 7.05 Å². The van der Waals surface area contributed by atoms with Crippen molar-refractivity contribution in [1.82, 2.24) is 14.5 Å². The van der Waals surface area contributed by atoms with E-state index >= 15 is 0 Å². The normalized spacial score (nSPS) is 10.5. The van der Waals surface area contributed by atoms with Gasteiger partial charge in [-0.15, -0.1) is 11.3 Å². The molecule has 7 heteroatoms. The van der Waals surface area contributed by atoms with Crippen molar-refractivity contribution in [2.75, 3.05) is 6.61 Å². The molecule has 3 aromatic rings. The van der Waals surface area contributed by atoms with Gasteiger partial charge < -0.3 is 9.30 Å². The molecule has 0 atom stereocenters. The van der Waals surface area contributed by atoms with Crippen molar-refractivity contribution >= 4 is 23.1 Å². The third kappa shape index (κ3) is 3.75. The Labute approximate surface area is 142 Å². The van der Waals surface area contributed by atoms with E-state index in [2.05, 4.69) is 9.97 Å². The van der Waals surface area contributed by atoms with Crippen LogP contribution in [0.1, 0.15) is 16.2 Å². The summed E-state index contributed by atoms with van der Waals surface area (Å²) in [7, 11) is 1.77. The van der Waals surface area contributed by atoms with Crippen LogP contribution < -0.4 is 0 Å². The fourth-order valence-electron chi connectivity index (χ4n) is 2.16. The second-order valence-corrected chi connectivity index (χ2v) is 5.98. The monoisotopic (exact) mass is 341 g/mol. The van der Waals surface area contributed by atoms with E-state index in [0.29, 0.717) is 11.4 Å². The average Bonchev–Trinajstić information content (AvgIpc) is 3.22. The van der Waals surface area contributed by atoms with Crippen LogP contribution in [0.15, 0.2) is 48.1 Å². The van der Waals surface area contributed by atoms with E-state index in [9.17, 15) is 9.59 Å². The van der Waals surface area contributed by atoms with Crippen LogP contribution in [-0.4, -0.2) is 32.9 Å². The van der Waals surface area contributed by atoms with Crippen molar-refractivity contribution in [3.63, 3.8) is 0 Å². The van der Waals surface area contributed by atoms with Gasteiger partial charge in [0.2, 0.25) is 5.78 Å². The minimum absolute atomic E-state index is 0.0315. The van der Waals surface area contributed by atoms with Gasteiger partial charge in [0.05, 0.1) is 23.5 Å². The van der Waals surface area contributed by atoms with Crippen LogP contribution in [0.25, 0.3) is 10.7 Å². The van der Waals surface area contributed by atoms with E-state index < -0.39 is 5.97 Å². The molecule has 0 radical (unpaired) electrons. The largest absolute Gasteiger partial charge is 0.457 e. The maximum atomic E-state index is 12.0. The van der Waals surface area contributed by atoms with Gasteiger partial charge in [0, 0.05) is 24.8 Å². The smallest absolute Gasteiger partial charge is 0.312 e. The number of hydrogen-bond donors (Lipinski definition) is 0. The molecule has 0 bridgehead atoms. The van der Waals surface area contributed by atoms with E-state index in [1.807, 2.05) is 18.2 Å². The van der Waals surface area contributed by atoms with Crippen molar-refractivity contribution in [3.8, 4) is 10.7 Å². The first-order valence-electron chi connectivity index (χ1n) is 7.29. The molecule has 24 heavy (non-hydrogen) atoms. The van der Waals surface area contributed by atoms with Gasteiger partial charge in [-0.3, -0.25) is 14.6 Å². The van der Waals surface area contributed by atoms with Crippen LogP contribution in [0.2, 0.25) is 0 Å². The van der Waals surface area contributed by atoms with Gasteiger partial charge in [-0.2, -0.15) is 0 Å². The molecule has 0 amide bonds. The summed E-state index contributed by atoms with van der Waals surface area (Å²) in [6.45, 7) is -0.270. The number of ether oxygens (including phenoxy) is 1. The average molecular weight is 341 g/mol. The summed E-state index contributed by atoms with van der Waals surface area (Å²) in [5.74, 6) is -0.710. The number of hydrogen-bond acceptors (Lipinski definition) is 6. The molecule has 0 saturated carbocycles. The Kier molecular flexibility index (Phi) is 4.81. The standard InChI is InChI=1S/C17H15N3O3S/c1-20-8-4-6-14(20)15(21)10-23-16(22)9-12-11-24-17(19-12)13-5-2-3-7-18-13/h2-8,11H,9-10H2,1H3. The van der Waals surface area contributed by atoms with Crippen molar-refractivity contribution in [1.29, 1.82) is 0 Å². The Balaban J connectivity index is 1.55. The zero-order valence-electron chi connectivity index (χ0n) is 13.0. The number of nitrogens with zero attached hydrogens (tertiary/aromatic N) is 3. The van der Waals surface area contributed by atoms with Crippen molar-refractivity contribution in [2.45, 2.75) is 6.42 Å². The Morgan fingerprint density at radius 2 is 2.12 bits per heavy atom. The zero-order chi connectivity index (χ0) is 16.9. The molecular formula is C17H15N3O3S. The maximum absolute atomic E-state index is 12.0.